The van der Waals surface area contributed by atoms with Crippen molar-refractivity contribution in [2.45, 2.75) is 20.3 Å². The minimum Gasteiger partial charge on any atom is -0.493 e. The molecule has 0 aliphatic carbocycles. The summed E-state index contributed by atoms with van der Waals surface area (Å²) < 4.78 is 5.78. The molecule has 0 unspecified atom stereocenters. The third-order valence-corrected chi connectivity index (χ3v) is 3.21. The topological polar surface area (TPSA) is 52.4 Å². The van der Waals surface area contributed by atoms with E-state index in [0.717, 1.165) is 16.9 Å². The summed E-state index contributed by atoms with van der Waals surface area (Å²) in [6.07, 6.45) is 0.519. The number of benzene rings is 2. The van der Waals surface area contributed by atoms with Gasteiger partial charge in [0.15, 0.2) is 0 Å². The second-order valence-corrected chi connectivity index (χ2v) is 4.71. The number of hydrogen-bond acceptors (Lipinski definition) is 3. The van der Waals surface area contributed by atoms with Crippen molar-refractivity contribution in [2.24, 2.45) is 0 Å². The molecule has 4 nitrogen and oxygen atoms in total. The Morgan fingerprint density at radius 3 is 2.35 bits per heavy atom. The van der Waals surface area contributed by atoms with E-state index in [1.807, 2.05) is 32.0 Å². The lowest BCUT2D eigenvalue weighted by Crippen LogP contribution is -2.05. The highest BCUT2D eigenvalue weighted by Crippen LogP contribution is 2.23. The average Bonchev–Trinajstić information content (AvgIpc) is 2.42. The van der Waals surface area contributed by atoms with Crippen LogP contribution in [0.3, 0.4) is 0 Å². The van der Waals surface area contributed by atoms with Crippen LogP contribution in [0.25, 0.3) is 0 Å². The molecular weight excluding hydrogens is 254 g/mol. The van der Waals surface area contributed by atoms with E-state index in [2.05, 4.69) is 0 Å². The van der Waals surface area contributed by atoms with Crippen molar-refractivity contribution in [1.29, 1.82) is 0 Å². The molecular formula is C16H17NO3. The van der Waals surface area contributed by atoms with Crippen LogP contribution in [0, 0.1) is 24.0 Å². The van der Waals surface area contributed by atoms with E-state index in [1.165, 1.54) is 6.07 Å². The van der Waals surface area contributed by atoms with Crippen molar-refractivity contribution in [3.63, 3.8) is 0 Å². The summed E-state index contributed by atoms with van der Waals surface area (Å²) in [5.41, 5.74) is 3.00. The van der Waals surface area contributed by atoms with Crippen LogP contribution >= 0.6 is 0 Å². The van der Waals surface area contributed by atoms with E-state index in [9.17, 15) is 10.1 Å². The van der Waals surface area contributed by atoms with E-state index in [4.69, 9.17) is 4.74 Å². The molecule has 0 heterocycles. The molecule has 0 N–H and O–H groups in total. The van der Waals surface area contributed by atoms with Crippen molar-refractivity contribution < 1.29 is 9.66 Å². The Labute approximate surface area is 118 Å². The first kappa shape index (κ1) is 14.1. The molecule has 104 valence electrons. The Morgan fingerprint density at radius 2 is 1.70 bits per heavy atom. The van der Waals surface area contributed by atoms with Crippen LogP contribution in [0.1, 0.15) is 16.7 Å². The minimum atomic E-state index is -0.353. The molecule has 0 radical (unpaired) electrons. The molecule has 0 saturated carbocycles. The van der Waals surface area contributed by atoms with Gasteiger partial charge in [0.25, 0.3) is 5.69 Å². The summed E-state index contributed by atoms with van der Waals surface area (Å²) in [6.45, 7) is 4.41. The van der Waals surface area contributed by atoms with Crippen molar-refractivity contribution in [1.82, 2.24) is 0 Å². The molecule has 4 heteroatoms. The predicted octanol–water partition coefficient (Wildman–Crippen LogP) is 3.83. The summed E-state index contributed by atoms with van der Waals surface area (Å²) in [5, 5.41) is 10.9. The zero-order chi connectivity index (χ0) is 14.5. The Hall–Kier alpha value is -2.36. The molecule has 0 atom stereocenters. The Balaban J connectivity index is 2.05. The molecule has 0 amide bonds. The van der Waals surface area contributed by atoms with Gasteiger partial charge in [-0.3, -0.25) is 10.1 Å². The Kier molecular flexibility index (Phi) is 4.35. The zero-order valence-corrected chi connectivity index (χ0v) is 11.6. The van der Waals surface area contributed by atoms with E-state index in [-0.39, 0.29) is 10.6 Å². The SMILES string of the molecule is Cc1cccc(C)c1OCCc1ccccc1[N+](=O)[O-]. The van der Waals surface area contributed by atoms with Crippen LogP contribution in [0.4, 0.5) is 5.69 Å². The third kappa shape index (κ3) is 3.15. The molecule has 0 aliphatic rings. The second-order valence-electron chi connectivity index (χ2n) is 4.71. The number of nitrogens with zero attached hydrogens (tertiary/aromatic N) is 1. The Bertz CT molecular complexity index is 603. The van der Waals surface area contributed by atoms with Crippen LogP contribution in [0.2, 0.25) is 0 Å². The maximum atomic E-state index is 10.9. The Morgan fingerprint density at radius 1 is 1.05 bits per heavy atom. The van der Waals surface area contributed by atoms with Gasteiger partial charge in [0.05, 0.1) is 11.5 Å². The highest BCUT2D eigenvalue weighted by Gasteiger charge is 2.12. The standard InChI is InChI=1S/C16H17NO3/c1-12-6-5-7-13(2)16(12)20-11-10-14-8-3-4-9-15(14)17(18)19/h3-9H,10-11H2,1-2H3. The van der Waals surface area contributed by atoms with Crippen LogP contribution in [0.5, 0.6) is 5.75 Å². The molecule has 0 fully saturated rings. The van der Waals surface area contributed by atoms with Crippen molar-refractivity contribution in [3.8, 4) is 5.75 Å². The lowest BCUT2D eigenvalue weighted by atomic mass is 10.1. The molecule has 2 rings (SSSR count). The molecule has 2 aromatic rings. The largest absolute Gasteiger partial charge is 0.493 e. The molecule has 2 aromatic carbocycles. The molecule has 0 spiro atoms. The normalized spacial score (nSPS) is 10.3. The van der Waals surface area contributed by atoms with E-state index in [0.29, 0.717) is 18.6 Å². The van der Waals surface area contributed by atoms with Crippen LogP contribution in [-0.4, -0.2) is 11.5 Å². The van der Waals surface area contributed by atoms with Crippen LogP contribution < -0.4 is 4.74 Å². The summed E-state index contributed by atoms with van der Waals surface area (Å²) in [4.78, 5) is 10.6. The van der Waals surface area contributed by atoms with E-state index < -0.39 is 0 Å². The van der Waals surface area contributed by atoms with Crippen LogP contribution in [-0.2, 0) is 6.42 Å². The fourth-order valence-electron chi connectivity index (χ4n) is 2.19. The minimum absolute atomic E-state index is 0.151. The van der Waals surface area contributed by atoms with Gasteiger partial charge in [-0.25, -0.2) is 0 Å². The quantitative estimate of drug-likeness (QED) is 0.613. The number of nitro benzene ring substituents is 1. The fourth-order valence-corrected chi connectivity index (χ4v) is 2.19. The van der Waals surface area contributed by atoms with Crippen molar-refractivity contribution in [2.75, 3.05) is 6.61 Å². The lowest BCUT2D eigenvalue weighted by molar-refractivity contribution is -0.385. The highest BCUT2D eigenvalue weighted by atomic mass is 16.6. The maximum Gasteiger partial charge on any atom is 0.272 e. The van der Waals surface area contributed by atoms with Gasteiger partial charge >= 0.3 is 0 Å². The van der Waals surface area contributed by atoms with Gasteiger partial charge in [-0.05, 0) is 25.0 Å². The van der Waals surface area contributed by atoms with Gasteiger partial charge in [-0.1, -0.05) is 36.4 Å². The first-order valence-corrected chi connectivity index (χ1v) is 6.51. The molecule has 0 aliphatic heterocycles. The van der Waals surface area contributed by atoms with Crippen molar-refractivity contribution >= 4 is 5.69 Å². The predicted molar refractivity (Wildman–Crippen MR) is 78.2 cm³/mol. The number of rotatable bonds is 5. The molecule has 0 saturated heterocycles. The number of para-hydroxylation sites is 2. The van der Waals surface area contributed by atoms with Gasteiger partial charge in [-0.15, -0.1) is 0 Å². The third-order valence-electron chi connectivity index (χ3n) is 3.21. The van der Waals surface area contributed by atoms with E-state index >= 15 is 0 Å². The summed E-state index contributed by atoms with van der Waals surface area (Å²) in [5.74, 6) is 0.867. The first-order valence-electron chi connectivity index (χ1n) is 6.51. The number of ether oxygens (including phenoxy) is 1. The average molecular weight is 271 g/mol. The van der Waals surface area contributed by atoms with Gasteiger partial charge in [0.2, 0.25) is 0 Å². The van der Waals surface area contributed by atoms with Crippen LogP contribution in [0.15, 0.2) is 42.5 Å². The maximum absolute atomic E-state index is 10.9. The van der Waals surface area contributed by atoms with Gasteiger partial charge < -0.3 is 4.74 Å². The first-order chi connectivity index (χ1) is 9.59. The molecule has 0 aromatic heterocycles. The lowest BCUT2D eigenvalue weighted by Gasteiger charge is -2.11. The van der Waals surface area contributed by atoms with Crippen molar-refractivity contribution in [3.05, 3.63) is 69.3 Å². The molecule has 20 heavy (non-hydrogen) atoms. The number of hydrogen-bond donors (Lipinski definition) is 0. The summed E-state index contributed by atoms with van der Waals surface area (Å²) >= 11 is 0. The number of nitro groups is 1. The van der Waals surface area contributed by atoms with Gasteiger partial charge in [-0.2, -0.15) is 0 Å². The highest BCUT2D eigenvalue weighted by molar-refractivity contribution is 5.41. The van der Waals surface area contributed by atoms with Gasteiger partial charge in [0, 0.05) is 18.1 Å². The molecule has 0 bridgehead atoms. The second kappa shape index (κ2) is 6.19. The summed E-state index contributed by atoms with van der Waals surface area (Å²) in [7, 11) is 0. The zero-order valence-electron chi connectivity index (χ0n) is 11.6. The smallest absolute Gasteiger partial charge is 0.272 e. The van der Waals surface area contributed by atoms with E-state index in [1.54, 1.807) is 18.2 Å². The summed E-state index contributed by atoms with van der Waals surface area (Å²) in [6, 6.07) is 12.7. The number of aryl methyl sites for hydroxylation is 2. The fraction of sp³-hybridized carbons (Fsp3) is 0.250. The van der Waals surface area contributed by atoms with Gasteiger partial charge in [0.1, 0.15) is 5.75 Å². The monoisotopic (exact) mass is 271 g/mol.